The van der Waals surface area contributed by atoms with Gasteiger partial charge in [0.2, 0.25) is 0 Å². The third-order valence-electron chi connectivity index (χ3n) is 2.46. The number of carboxylic acids is 1. The van der Waals surface area contributed by atoms with Crippen LogP contribution in [-0.2, 0) is 10.4 Å². The van der Waals surface area contributed by atoms with Crippen molar-refractivity contribution in [3.8, 4) is 0 Å². The lowest BCUT2D eigenvalue weighted by molar-refractivity contribution is -0.138. The van der Waals surface area contributed by atoms with Gasteiger partial charge in [-0.1, -0.05) is 24.3 Å². The Bertz CT molecular complexity index is 363. The zero-order valence-electron chi connectivity index (χ0n) is 9.19. The minimum absolute atomic E-state index is 0.604. The normalized spacial score (nSPS) is 13.6. The third kappa shape index (κ3) is 2.57. The van der Waals surface area contributed by atoms with Gasteiger partial charge in [0.1, 0.15) is 0 Å². The molecule has 0 fully saturated rings. The molecule has 0 saturated carbocycles. The zero-order valence-corrected chi connectivity index (χ0v) is 9.19. The van der Waals surface area contributed by atoms with Crippen LogP contribution in [0.4, 0.5) is 0 Å². The number of hydrogen-bond acceptors (Lipinski definition) is 2. The lowest BCUT2D eigenvalue weighted by Crippen LogP contribution is -2.21. The van der Waals surface area contributed by atoms with Crippen LogP contribution in [0.15, 0.2) is 24.3 Å². The van der Waals surface area contributed by atoms with Crippen LogP contribution in [0.5, 0.6) is 0 Å². The fourth-order valence-electron chi connectivity index (χ4n) is 1.56. The minimum Gasteiger partial charge on any atom is -0.481 e. The molecule has 2 N–H and O–H groups in total. The average molecular weight is 208 g/mol. The van der Waals surface area contributed by atoms with E-state index in [1.54, 1.807) is 45.0 Å². The molecular weight excluding hydrogens is 192 g/mol. The van der Waals surface area contributed by atoms with E-state index in [0.29, 0.717) is 11.1 Å². The van der Waals surface area contributed by atoms with Crippen molar-refractivity contribution in [3.63, 3.8) is 0 Å². The lowest BCUT2D eigenvalue weighted by Gasteiger charge is -2.23. The van der Waals surface area contributed by atoms with Crippen molar-refractivity contribution in [1.82, 2.24) is 0 Å². The first-order valence-corrected chi connectivity index (χ1v) is 4.88. The van der Waals surface area contributed by atoms with Gasteiger partial charge in [-0.05, 0) is 31.9 Å². The molecule has 3 heteroatoms. The van der Waals surface area contributed by atoms with Crippen LogP contribution in [-0.4, -0.2) is 16.2 Å². The van der Waals surface area contributed by atoms with Crippen molar-refractivity contribution in [2.45, 2.75) is 32.3 Å². The molecule has 0 aliphatic carbocycles. The van der Waals surface area contributed by atoms with Crippen LogP contribution in [0, 0.1) is 0 Å². The molecule has 1 aromatic carbocycles. The number of rotatable bonds is 3. The molecule has 1 rings (SSSR count). The van der Waals surface area contributed by atoms with E-state index in [1.807, 2.05) is 0 Å². The van der Waals surface area contributed by atoms with Crippen molar-refractivity contribution >= 4 is 5.97 Å². The van der Waals surface area contributed by atoms with E-state index in [9.17, 15) is 9.90 Å². The van der Waals surface area contributed by atoms with Gasteiger partial charge in [-0.25, -0.2) is 0 Å². The molecule has 1 unspecified atom stereocenters. The highest BCUT2D eigenvalue weighted by Crippen LogP contribution is 2.28. The molecule has 0 saturated heterocycles. The molecular formula is C12H16O3. The van der Waals surface area contributed by atoms with Gasteiger partial charge in [-0.2, -0.15) is 0 Å². The molecule has 0 bridgehead atoms. The Labute approximate surface area is 89.4 Å². The predicted octanol–water partition coefficient (Wildman–Crippen LogP) is 2.10. The molecule has 0 aromatic heterocycles. The topological polar surface area (TPSA) is 57.5 Å². The second kappa shape index (κ2) is 4.03. The summed E-state index contributed by atoms with van der Waals surface area (Å²) in [6.45, 7) is 4.92. The summed E-state index contributed by atoms with van der Waals surface area (Å²) in [5.41, 5.74) is 0.317. The van der Waals surface area contributed by atoms with E-state index in [-0.39, 0.29) is 0 Å². The average Bonchev–Trinajstić information content (AvgIpc) is 2.15. The smallest absolute Gasteiger partial charge is 0.310 e. The number of carboxylic acid groups (broad SMARTS) is 1. The fourth-order valence-corrected chi connectivity index (χ4v) is 1.56. The monoisotopic (exact) mass is 208 g/mol. The van der Waals surface area contributed by atoms with Crippen molar-refractivity contribution in [1.29, 1.82) is 0 Å². The van der Waals surface area contributed by atoms with Gasteiger partial charge in [0.05, 0.1) is 11.5 Å². The fraction of sp³-hybridized carbons (Fsp3) is 0.417. The van der Waals surface area contributed by atoms with Crippen molar-refractivity contribution < 1.29 is 15.0 Å². The molecule has 0 spiro atoms. The van der Waals surface area contributed by atoms with Gasteiger partial charge in [-0.3, -0.25) is 4.79 Å². The van der Waals surface area contributed by atoms with Gasteiger partial charge in [0, 0.05) is 0 Å². The summed E-state index contributed by atoms with van der Waals surface area (Å²) in [6.07, 6.45) is 0. The summed E-state index contributed by atoms with van der Waals surface area (Å²) in [5, 5.41) is 18.9. The van der Waals surface area contributed by atoms with Gasteiger partial charge < -0.3 is 10.2 Å². The Kier molecular flexibility index (Phi) is 3.15. The Morgan fingerprint density at radius 2 is 1.87 bits per heavy atom. The molecule has 0 heterocycles. The highest BCUT2D eigenvalue weighted by molar-refractivity contribution is 5.76. The first-order valence-electron chi connectivity index (χ1n) is 4.88. The first kappa shape index (κ1) is 11.7. The molecule has 0 radical (unpaired) electrons. The molecule has 0 aliphatic rings. The summed E-state index contributed by atoms with van der Waals surface area (Å²) in [7, 11) is 0. The summed E-state index contributed by atoms with van der Waals surface area (Å²) >= 11 is 0. The second-order valence-corrected chi connectivity index (χ2v) is 4.21. The Morgan fingerprint density at radius 1 is 1.33 bits per heavy atom. The maximum Gasteiger partial charge on any atom is 0.310 e. The van der Waals surface area contributed by atoms with Crippen LogP contribution in [0.3, 0.4) is 0 Å². The molecule has 3 nitrogen and oxygen atoms in total. The Balaban J connectivity index is 3.24. The minimum atomic E-state index is -1.01. The number of aliphatic carboxylic acids is 1. The van der Waals surface area contributed by atoms with Gasteiger partial charge in [-0.15, -0.1) is 0 Å². The van der Waals surface area contributed by atoms with Crippen LogP contribution < -0.4 is 0 Å². The number of carbonyl (C=O) groups is 1. The highest BCUT2D eigenvalue weighted by Gasteiger charge is 2.24. The summed E-state index contributed by atoms with van der Waals surface area (Å²) < 4.78 is 0. The Hall–Kier alpha value is -1.35. The maximum atomic E-state index is 10.9. The number of hydrogen-bond donors (Lipinski definition) is 2. The van der Waals surface area contributed by atoms with Crippen molar-refractivity contribution in [2.24, 2.45) is 0 Å². The third-order valence-corrected chi connectivity index (χ3v) is 2.46. The van der Waals surface area contributed by atoms with Crippen LogP contribution >= 0.6 is 0 Å². The van der Waals surface area contributed by atoms with Crippen molar-refractivity contribution in [3.05, 3.63) is 35.4 Å². The molecule has 15 heavy (non-hydrogen) atoms. The molecule has 1 atom stereocenters. The second-order valence-electron chi connectivity index (χ2n) is 4.21. The van der Waals surface area contributed by atoms with E-state index in [1.165, 1.54) is 0 Å². The molecule has 82 valence electrons. The quantitative estimate of drug-likeness (QED) is 0.799. The molecule has 0 amide bonds. The zero-order chi connectivity index (χ0) is 11.6. The van der Waals surface area contributed by atoms with E-state index in [2.05, 4.69) is 0 Å². The Morgan fingerprint density at radius 3 is 2.33 bits per heavy atom. The molecule has 1 aromatic rings. The predicted molar refractivity (Wildman–Crippen MR) is 57.7 cm³/mol. The standard InChI is InChI=1S/C12H16O3/c1-8(11(13)14)9-6-4-5-7-10(9)12(2,3)15/h4-8,15H,1-3H3,(H,13,14). The van der Waals surface area contributed by atoms with E-state index in [0.717, 1.165) is 0 Å². The molecule has 0 aliphatic heterocycles. The SMILES string of the molecule is CC(C(=O)O)c1ccccc1C(C)(C)O. The first-order chi connectivity index (χ1) is 6.84. The summed E-state index contributed by atoms with van der Waals surface area (Å²) in [6, 6.07) is 7.08. The van der Waals surface area contributed by atoms with Gasteiger partial charge in [0.25, 0.3) is 0 Å². The van der Waals surface area contributed by atoms with Crippen LogP contribution in [0.25, 0.3) is 0 Å². The van der Waals surface area contributed by atoms with Crippen LogP contribution in [0.1, 0.15) is 37.8 Å². The highest BCUT2D eigenvalue weighted by atomic mass is 16.4. The number of benzene rings is 1. The number of aliphatic hydroxyl groups is 1. The maximum absolute atomic E-state index is 10.9. The van der Waals surface area contributed by atoms with E-state index in [4.69, 9.17) is 5.11 Å². The summed E-state index contributed by atoms with van der Waals surface area (Å²) in [5.74, 6) is -1.49. The largest absolute Gasteiger partial charge is 0.481 e. The van der Waals surface area contributed by atoms with Gasteiger partial charge in [0.15, 0.2) is 0 Å². The summed E-state index contributed by atoms with van der Waals surface area (Å²) in [4.78, 5) is 10.9. The lowest BCUT2D eigenvalue weighted by atomic mass is 9.87. The van der Waals surface area contributed by atoms with Crippen molar-refractivity contribution in [2.75, 3.05) is 0 Å². The van der Waals surface area contributed by atoms with E-state index < -0.39 is 17.5 Å². The van der Waals surface area contributed by atoms with E-state index >= 15 is 0 Å². The van der Waals surface area contributed by atoms with Gasteiger partial charge >= 0.3 is 5.97 Å². The van der Waals surface area contributed by atoms with Crippen LogP contribution in [0.2, 0.25) is 0 Å².